The maximum Gasteiger partial charge on any atom is 0.311 e. The van der Waals surface area contributed by atoms with Crippen molar-refractivity contribution in [3.05, 3.63) is 30.5 Å². The highest BCUT2D eigenvalue weighted by atomic mass is 16.4. The number of aromatic nitrogens is 3. The molecular weight excluding hydrogens is 194 g/mol. The van der Waals surface area contributed by atoms with E-state index in [0.29, 0.717) is 5.82 Å². The summed E-state index contributed by atoms with van der Waals surface area (Å²) >= 11 is 0. The number of aliphatic carboxylic acids is 1. The Balaban J connectivity index is 2.33. The molecule has 5 nitrogen and oxygen atoms in total. The maximum atomic E-state index is 10.6. The Bertz CT molecular complexity index is 471. The van der Waals surface area contributed by atoms with Crippen LogP contribution in [0.25, 0.3) is 11.3 Å². The Morgan fingerprint density at radius 3 is 3.07 bits per heavy atom. The lowest BCUT2D eigenvalue weighted by molar-refractivity contribution is -0.136. The summed E-state index contributed by atoms with van der Waals surface area (Å²) in [5.74, 6) is -0.317. The number of carboxylic acid groups (broad SMARTS) is 1. The summed E-state index contributed by atoms with van der Waals surface area (Å²) in [4.78, 5) is 17.7. The van der Waals surface area contributed by atoms with Gasteiger partial charge in [0.05, 0.1) is 5.69 Å². The molecule has 15 heavy (non-hydrogen) atoms. The number of carbonyl (C=O) groups is 1. The number of rotatable bonds is 3. The number of aryl methyl sites for hydroxylation is 1. The third-order valence-electron chi connectivity index (χ3n) is 2.18. The molecule has 0 amide bonds. The average Bonchev–Trinajstić information content (AvgIpc) is 2.75. The Labute approximate surface area is 86.4 Å². The first-order valence-corrected chi connectivity index (χ1v) is 4.54. The van der Waals surface area contributed by atoms with Crippen molar-refractivity contribution in [2.24, 2.45) is 7.05 Å². The largest absolute Gasteiger partial charge is 0.481 e. The second kappa shape index (κ2) is 3.61. The molecule has 0 aliphatic rings. The minimum absolute atomic E-state index is 0.0546. The molecule has 0 saturated carbocycles. The number of nitrogens with one attached hydrogen (secondary N) is 1. The molecule has 0 aromatic carbocycles. The van der Waals surface area contributed by atoms with Gasteiger partial charge in [-0.2, -0.15) is 0 Å². The number of imidazole rings is 1. The van der Waals surface area contributed by atoms with E-state index in [1.807, 2.05) is 18.5 Å². The predicted molar refractivity (Wildman–Crippen MR) is 54.3 cm³/mol. The van der Waals surface area contributed by atoms with Crippen LogP contribution in [-0.4, -0.2) is 25.6 Å². The van der Waals surface area contributed by atoms with Crippen LogP contribution in [0.3, 0.4) is 0 Å². The van der Waals surface area contributed by atoms with Gasteiger partial charge in [-0.25, -0.2) is 4.98 Å². The van der Waals surface area contributed by atoms with Gasteiger partial charge in [0.1, 0.15) is 12.2 Å². The number of hydrogen-bond acceptors (Lipinski definition) is 2. The molecule has 0 saturated heterocycles. The summed E-state index contributed by atoms with van der Waals surface area (Å²) in [6.45, 7) is 0. The quantitative estimate of drug-likeness (QED) is 0.786. The maximum absolute atomic E-state index is 10.6. The Kier molecular flexibility index (Phi) is 2.29. The molecule has 0 aliphatic heterocycles. The summed E-state index contributed by atoms with van der Waals surface area (Å²) in [6.07, 6.45) is 5.40. The van der Waals surface area contributed by atoms with E-state index in [1.165, 1.54) is 0 Å². The van der Waals surface area contributed by atoms with E-state index >= 15 is 0 Å². The summed E-state index contributed by atoms with van der Waals surface area (Å²) in [5, 5.41) is 8.67. The zero-order valence-corrected chi connectivity index (χ0v) is 8.27. The van der Waals surface area contributed by atoms with Crippen LogP contribution in [0.1, 0.15) is 5.82 Å². The Hall–Kier alpha value is -2.04. The van der Waals surface area contributed by atoms with E-state index in [-0.39, 0.29) is 6.42 Å². The van der Waals surface area contributed by atoms with E-state index < -0.39 is 5.97 Å². The molecule has 0 bridgehead atoms. The van der Waals surface area contributed by atoms with Gasteiger partial charge in [-0.05, 0) is 6.07 Å². The van der Waals surface area contributed by atoms with Crippen molar-refractivity contribution in [3.63, 3.8) is 0 Å². The van der Waals surface area contributed by atoms with E-state index in [4.69, 9.17) is 5.11 Å². The molecule has 2 N–H and O–H groups in total. The van der Waals surface area contributed by atoms with Crippen molar-refractivity contribution < 1.29 is 9.90 Å². The van der Waals surface area contributed by atoms with E-state index in [9.17, 15) is 4.79 Å². The molecule has 0 atom stereocenters. The number of nitrogens with zero attached hydrogens (tertiary/aromatic N) is 2. The minimum atomic E-state index is -0.871. The first-order valence-electron chi connectivity index (χ1n) is 4.54. The molecule has 2 aromatic rings. The molecule has 5 heteroatoms. The SMILES string of the molecule is Cn1cc(-c2cc[nH]c2)nc1CC(=O)O. The van der Waals surface area contributed by atoms with Crippen molar-refractivity contribution in [1.29, 1.82) is 0 Å². The number of carboxylic acids is 1. The highest BCUT2D eigenvalue weighted by Gasteiger charge is 2.10. The third-order valence-corrected chi connectivity index (χ3v) is 2.18. The van der Waals surface area contributed by atoms with Crippen LogP contribution >= 0.6 is 0 Å². The van der Waals surface area contributed by atoms with Gasteiger partial charge in [-0.1, -0.05) is 0 Å². The lowest BCUT2D eigenvalue weighted by atomic mass is 10.3. The van der Waals surface area contributed by atoms with Crippen molar-refractivity contribution in [2.75, 3.05) is 0 Å². The average molecular weight is 205 g/mol. The van der Waals surface area contributed by atoms with E-state index in [0.717, 1.165) is 11.3 Å². The molecule has 0 radical (unpaired) electrons. The fraction of sp³-hybridized carbons (Fsp3) is 0.200. The van der Waals surface area contributed by atoms with Crippen LogP contribution in [0.5, 0.6) is 0 Å². The second-order valence-corrected chi connectivity index (χ2v) is 3.32. The molecule has 0 spiro atoms. The summed E-state index contributed by atoms with van der Waals surface area (Å²) in [7, 11) is 1.79. The highest BCUT2D eigenvalue weighted by molar-refractivity contribution is 5.69. The molecule has 2 rings (SSSR count). The van der Waals surface area contributed by atoms with Gasteiger partial charge in [-0.3, -0.25) is 4.79 Å². The summed E-state index contributed by atoms with van der Waals surface area (Å²) in [5.41, 5.74) is 1.75. The molecule has 0 aliphatic carbocycles. The molecule has 78 valence electrons. The topological polar surface area (TPSA) is 70.9 Å². The highest BCUT2D eigenvalue weighted by Crippen LogP contribution is 2.17. The van der Waals surface area contributed by atoms with Gasteiger partial charge >= 0.3 is 5.97 Å². The predicted octanol–water partition coefficient (Wildman–Crippen LogP) is 1.04. The zero-order valence-electron chi connectivity index (χ0n) is 8.27. The number of H-pyrrole nitrogens is 1. The molecular formula is C10H11N3O2. The van der Waals surface area contributed by atoms with Crippen molar-refractivity contribution in [2.45, 2.75) is 6.42 Å². The Morgan fingerprint density at radius 2 is 2.47 bits per heavy atom. The second-order valence-electron chi connectivity index (χ2n) is 3.32. The smallest absolute Gasteiger partial charge is 0.311 e. The van der Waals surface area contributed by atoms with Crippen molar-refractivity contribution in [1.82, 2.24) is 14.5 Å². The van der Waals surface area contributed by atoms with Crippen molar-refractivity contribution in [3.8, 4) is 11.3 Å². The zero-order chi connectivity index (χ0) is 10.8. The van der Waals surface area contributed by atoms with Gasteiger partial charge in [-0.15, -0.1) is 0 Å². The first kappa shape index (κ1) is 9.51. The Morgan fingerprint density at radius 1 is 1.67 bits per heavy atom. The number of aromatic amines is 1. The fourth-order valence-electron chi connectivity index (χ4n) is 1.43. The normalized spacial score (nSPS) is 10.5. The van der Waals surface area contributed by atoms with Crippen LogP contribution in [-0.2, 0) is 18.3 Å². The van der Waals surface area contributed by atoms with Crippen molar-refractivity contribution >= 4 is 5.97 Å². The van der Waals surface area contributed by atoms with Gasteiger partial charge < -0.3 is 14.7 Å². The van der Waals surface area contributed by atoms with Gasteiger partial charge in [0, 0.05) is 31.2 Å². The van der Waals surface area contributed by atoms with Gasteiger partial charge in [0.15, 0.2) is 0 Å². The standard InChI is InChI=1S/C10H11N3O2/c1-13-6-8(7-2-3-11-5-7)12-9(13)4-10(14)15/h2-3,5-6,11H,4H2,1H3,(H,14,15). The van der Waals surface area contributed by atoms with E-state index in [1.54, 1.807) is 17.8 Å². The first-order chi connectivity index (χ1) is 7.16. The summed E-state index contributed by atoms with van der Waals surface area (Å²) in [6, 6.07) is 1.90. The van der Waals surface area contributed by atoms with Gasteiger partial charge in [0.25, 0.3) is 0 Å². The molecule has 2 heterocycles. The summed E-state index contributed by atoms with van der Waals surface area (Å²) < 4.78 is 1.73. The lowest BCUT2D eigenvalue weighted by Gasteiger charge is -1.94. The van der Waals surface area contributed by atoms with Crippen LogP contribution in [0.15, 0.2) is 24.7 Å². The molecule has 2 aromatic heterocycles. The molecule has 0 unspecified atom stereocenters. The lowest BCUT2D eigenvalue weighted by Crippen LogP contribution is -2.05. The van der Waals surface area contributed by atoms with Crippen LogP contribution in [0, 0.1) is 0 Å². The third kappa shape index (κ3) is 1.90. The minimum Gasteiger partial charge on any atom is -0.481 e. The molecule has 0 fully saturated rings. The monoisotopic (exact) mass is 205 g/mol. The van der Waals surface area contributed by atoms with Crippen LogP contribution < -0.4 is 0 Å². The van der Waals surface area contributed by atoms with Crippen LogP contribution in [0.2, 0.25) is 0 Å². The number of hydrogen-bond donors (Lipinski definition) is 2. The fourth-order valence-corrected chi connectivity index (χ4v) is 1.43. The van der Waals surface area contributed by atoms with Gasteiger partial charge in [0.2, 0.25) is 0 Å². The van der Waals surface area contributed by atoms with Crippen LogP contribution in [0.4, 0.5) is 0 Å². The van der Waals surface area contributed by atoms with E-state index in [2.05, 4.69) is 9.97 Å².